The van der Waals surface area contributed by atoms with Crippen LogP contribution in [0, 0.1) is 6.92 Å². The van der Waals surface area contributed by atoms with E-state index in [-0.39, 0.29) is 0 Å². The second-order valence-electron chi connectivity index (χ2n) is 4.69. The van der Waals surface area contributed by atoms with Crippen LogP contribution in [0.1, 0.15) is 18.1 Å². The number of nitrogens with zero attached hydrogens (tertiary/aromatic N) is 1. The van der Waals surface area contributed by atoms with Gasteiger partial charge in [0.15, 0.2) is 0 Å². The molecule has 0 heterocycles. The quantitative estimate of drug-likeness (QED) is 0.651. The van der Waals surface area contributed by atoms with Crippen LogP contribution in [0.25, 0.3) is 0 Å². The van der Waals surface area contributed by atoms with Gasteiger partial charge in [0.1, 0.15) is 5.75 Å². The van der Waals surface area contributed by atoms with E-state index in [0.29, 0.717) is 18.0 Å². The van der Waals surface area contributed by atoms with Crippen molar-refractivity contribution in [2.45, 2.75) is 20.4 Å². The summed E-state index contributed by atoms with van der Waals surface area (Å²) >= 11 is 0. The van der Waals surface area contributed by atoms with Crippen LogP contribution in [-0.4, -0.2) is 11.7 Å². The van der Waals surface area contributed by atoms with Crippen LogP contribution in [0.5, 0.6) is 5.75 Å². The predicted octanol–water partition coefficient (Wildman–Crippen LogP) is 3.31. The number of hydrogen-bond donors (Lipinski definition) is 2. The minimum atomic E-state index is 0.293. The van der Waals surface area contributed by atoms with E-state index in [1.165, 1.54) is 11.3 Å². The molecule has 0 aliphatic carbocycles. The number of phenols is 1. The van der Waals surface area contributed by atoms with Crippen LogP contribution in [0.3, 0.4) is 0 Å². The van der Waals surface area contributed by atoms with Gasteiger partial charge in [-0.05, 0) is 43.7 Å². The Balaban J connectivity index is 2.29. The highest BCUT2D eigenvalue weighted by Gasteiger charge is 2.10. The molecule has 0 bridgehead atoms. The van der Waals surface area contributed by atoms with E-state index in [0.717, 1.165) is 12.1 Å². The van der Waals surface area contributed by atoms with Crippen molar-refractivity contribution in [1.29, 1.82) is 0 Å². The molecule has 0 aromatic heterocycles. The third kappa shape index (κ3) is 2.99. The number of aromatic hydroxyl groups is 1. The van der Waals surface area contributed by atoms with Crippen LogP contribution < -0.4 is 10.6 Å². The summed E-state index contributed by atoms with van der Waals surface area (Å²) in [6, 6.07) is 13.4. The number of para-hydroxylation sites is 1. The molecular formula is C16H20N2O. The minimum absolute atomic E-state index is 0.293. The topological polar surface area (TPSA) is 49.5 Å². The smallest absolute Gasteiger partial charge is 0.120 e. The lowest BCUT2D eigenvalue weighted by atomic mass is 10.1. The molecule has 3 heteroatoms. The molecule has 0 amide bonds. The van der Waals surface area contributed by atoms with Gasteiger partial charge < -0.3 is 15.7 Å². The third-order valence-corrected chi connectivity index (χ3v) is 3.30. The van der Waals surface area contributed by atoms with Gasteiger partial charge in [-0.15, -0.1) is 0 Å². The number of aryl methyl sites for hydroxylation is 1. The first-order chi connectivity index (χ1) is 9.11. The monoisotopic (exact) mass is 256 g/mol. The number of hydrogen-bond acceptors (Lipinski definition) is 3. The average Bonchev–Trinajstić information content (AvgIpc) is 2.41. The Morgan fingerprint density at radius 1 is 1.16 bits per heavy atom. The summed E-state index contributed by atoms with van der Waals surface area (Å²) in [6.45, 7) is 5.73. The summed E-state index contributed by atoms with van der Waals surface area (Å²) in [5, 5.41) is 9.91. The normalized spacial score (nSPS) is 10.4. The Morgan fingerprint density at radius 2 is 1.89 bits per heavy atom. The molecule has 0 saturated carbocycles. The first-order valence-electron chi connectivity index (χ1n) is 6.49. The van der Waals surface area contributed by atoms with E-state index in [4.69, 9.17) is 5.73 Å². The van der Waals surface area contributed by atoms with Crippen molar-refractivity contribution in [2.75, 3.05) is 17.2 Å². The summed E-state index contributed by atoms with van der Waals surface area (Å²) in [5.74, 6) is 0.293. The number of nitrogen functional groups attached to an aromatic ring is 1. The van der Waals surface area contributed by atoms with E-state index in [9.17, 15) is 5.11 Å². The Bertz CT molecular complexity index is 566. The second-order valence-corrected chi connectivity index (χ2v) is 4.69. The van der Waals surface area contributed by atoms with Gasteiger partial charge in [-0.1, -0.05) is 18.2 Å². The van der Waals surface area contributed by atoms with Gasteiger partial charge in [0.25, 0.3) is 0 Å². The number of nitrogens with two attached hydrogens (primary N) is 1. The first kappa shape index (κ1) is 13.3. The van der Waals surface area contributed by atoms with E-state index < -0.39 is 0 Å². The molecule has 0 spiro atoms. The summed E-state index contributed by atoms with van der Waals surface area (Å²) in [4.78, 5) is 2.23. The Kier molecular flexibility index (Phi) is 3.95. The van der Waals surface area contributed by atoms with Gasteiger partial charge in [-0.2, -0.15) is 0 Å². The fourth-order valence-corrected chi connectivity index (χ4v) is 2.22. The van der Waals surface area contributed by atoms with E-state index >= 15 is 0 Å². The van der Waals surface area contributed by atoms with Gasteiger partial charge in [0.05, 0.1) is 0 Å². The van der Waals surface area contributed by atoms with Gasteiger partial charge in [0, 0.05) is 30.0 Å². The second kappa shape index (κ2) is 5.65. The molecule has 0 saturated heterocycles. The zero-order valence-corrected chi connectivity index (χ0v) is 11.4. The molecule has 0 aliphatic heterocycles. The van der Waals surface area contributed by atoms with E-state index in [1.807, 2.05) is 18.2 Å². The zero-order valence-electron chi connectivity index (χ0n) is 11.4. The number of phenolic OH excluding ortho intramolecular Hbond substituents is 1. The van der Waals surface area contributed by atoms with Crippen molar-refractivity contribution in [3.63, 3.8) is 0 Å². The molecule has 0 atom stereocenters. The number of rotatable bonds is 4. The highest BCUT2D eigenvalue weighted by Crippen LogP contribution is 2.26. The summed E-state index contributed by atoms with van der Waals surface area (Å²) < 4.78 is 0. The van der Waals surface area contributed by atoms with Crippen molar-refractivity contribution < 1.29 is 5.11 Å². The van der Waals surface area contributed by atoms with Crippen LogP contribution in [0.4, 0.5) is 11.4 Å². The van der Waals surface area contributed by atoms with Crippen molar-refractivity contribution >= 4 is 11.4 Å². The molecule has 19 heavy (non-hydrogen) atoms. The molecule has 0 unspecified atom stereocenters. The molecule has 3 N–H and O–H groups in total. The lowest BCUT2D eigenvalue weighted by Gasteiger charge is -2.25. The van der Waals surface area contributed by atoms with Crippen LogP contribution in [0.15, 0.2) is 42.5 Å². The molecule has 0 fully saturated rings. The number of benzene rings is 2. The molecule has 2 rings (SSSR count). The fraction of sp³-hybridized carbons (Fsp3) is 0.250. The van der Waals surface area contributed by atoms with Gasteiger partial charge in [-0.3, -0.25) is 0 Å². The van der Waals surface area contributed by atoms with Gasteiger partial charge in [0.2, 0.25) is 0 Å². The van der Waals surface area contributed by atoms with Crippen LogP contribution in [0.2, 0.25) is 0 Å². The van der Waals surface area contributed by atoms with Crippen molar-refractivity contribution in [3.8, 4) is 5.75 Å². The van der Waals surface area contributed by atoms with Gasteiger partial charge in [-0.25, -0.2) is 0 Å². The SMILES string of the molecule is CCN(Cc1cc(N)ccc1O)c1ccccc1C. The maximum absolute atomic E-state index is 9.91. The minimum Gasteiger partial charge on any atom is -0.508 e. The molecule has 0 aliphatic rings. The molecule has 0 radical (unpaired) electrons. The fourth-order valence-electron chi connectivity index (χ4n) is 2.22. The van der Waals surface area contributed by atoms with Crippen molar-refractivity contribution in [1.82, 2.24) is 0 Å². The predicted molar refractivity (Wildman–Crippen MR) is 80.4 cm³/mol. The van der Waals surface area contributed by atoms with Gasteiger partial charge >= 0.3 is 0 Å². The molecule has 2 aromatic rings. The Labute approximate surface area is 114 Å². The lowest BCUT2D eigenvalue weighted by molar-refractivity contribution is 0.467. The summed E-state index contributed by atoms with van der Waals surface area (Å²) in [5.41, 5.74) is 9.73. The number of anilines is 2. The van der Waals surface area contributed by atoms with Crippen LogP contribution >= 0.6 is 0 Å². The van der Waals surface area contributed by atoms with E-state index in [1.54, 1.807) is 12.1 Å². The first-order valence-corrected chi connectivity index (χ1v) is 6.49. The largest absolute Gasteiger partial charge is 0.508 e. The molecule has 3 nitrogen and oxygen atoms in total. The highest BCUT2D eigenvalue weighted by molar-refractivity contribution is 5.55. The maximum atomic E-state index is 9.91. The average molecular weight is 256 g/mol. The molecule has 2 aromatic carbocycles. The van der Waals surface area contributed by atoms with Crippen molar-refractivity contribution in [3.05, 3.63) is 53.6 Å². The van der Waals surface area contributed by atoms with Crippen LogP contribution in [-0.2, 0) is 6.54 Å². The molecular weight excluding hydrogens is 236 g/mol. The third-order valence-electron chi connectivity index (χ3n) is 3.30. The summed E-state index contributed by atoms with van der Waals surface area (Å²) in [6.07, 6.45) is 0. The van der Waals surface area contributed by atoms with E-state index in [2.05, 4.69) is 30.9 Å². The highest BCUT2D eigenvalue weighted by atomic mass is 16.3. The van der Waals surface area contributed by atoms with Crippen molar-refractivity contribution in [2.24, 2.45) is 0 Å². The maximum Gasteiger partial charge on any atom is 0.120 e. The lowest BCUT2D eigenvalue weighted by Crippen LogP contribution is -2.22. The summed E-state index contributed by atoms with van der Waals surface area (Å²) in [7, 11) is 0. The standard InChI is InChI=1S/C16H20N2O/c1-3-18(15-7-5-4-6-12(15)2)11-13-10-14(17)8-9-16(13)19/h4-10,19H,3,11,17H2,1-2H3. The molecule has 100 valence electrons. The Hall–Kier alpha value is -2.16. The Morgan fingerprint density at radius 3 is 2.58 bits per heavy atom. The zero-order chi connectivity index (χ0) is 13.8.